The minimum Gasteiger partial charge on any atom is -0.495 e. The Morgan fingerprint density at radius 2 is 2.00 bits per heavy atom. The lowest BCUT2D eigenvalue weighted by molar-refractivity contribution is 0.402. The molecule has 17 heavy (non-hydrogen) atoms. The zero-order valence-corrected chi connectivity index (χ0v) is 11.6. The molecule has 0 fully saturated rings. The summed E-state index contributed by atoms with van der Waals surface area (Å²) < 4.78 is 29.3. The molecule has 0 heterocycles. The second kappa shape index (κ2) is 6.26. The molecule has 0 aromatic heterocycles. The summed E-state index contributed by atoms with van der Waals surface area (Å²) in [6, 6.07) is 5.16. The molecule has 0 bridgehead atoms. The number of rotatable bonds is 6. The first-order valence-corrected chi connectivity index (χ1v) is 7.63. The van der Waals surface area contributed by atoms with Gasteiger partial charge in [0.15, 0.2) is 9.84 Å². The molecular weight excluding hydrogens is 260 g/mol. The minimum absolute atomic E-state index is 0.111. The summed E-state index contributed by atoms with van der Waals surface area (Å²) in [4.78, 5) is 0.273. The van der Waals surface area contributed by atoms with Crippen LogP contribution in [-0.2, 0) is 9.84 Å². The van der Waals surface area contributed by atoms with Gasteiger partial charge in [-0.3, -0.25) is 0 Å². The topological polar surface area (TPSA) is 43.4 Å². The van der Waals surface area contributed by atoms with Crippen molar-refractivity contribution in [2.45, 2.75) is 24.7 Å². The zero-order chi connectivity index (χ0) is 12.9. The number of unbranched alkanes of at least 4 members (excludes halogenated alkanes) is 1. The van der Waals surface area contributed by atoms with Gasteiger partial charge in [0.05, 0.1) is 12.9 Å². The maximum atomic E-state index is 12.1. The molecule has 3 nitrogen and oxygen atoms in total. The number of ether oxygens (including phenoxy) is 1. The van der Waals surface area contributed by atoms with Crippen molar-refractivity contribution in [2.75, 3.05) is 18.7 Å². The number of benzene rings is 1. The van der Waals surface area contributed by atoms with Gasteiger partial charge in [-0.1, -0.05) is 6.07 Å². The largest absolute Gasteiger partial charge is 0.495 e. The molecule has 0 aliphatic rings. The van der Waals surface area contributed by atoms with E-state index in [-0.39, 0.29) is 10.6 Å². The average Bonchev–Trinajstić information content (AvgIpc) is 2.29. The van der Waals surface area contributed by atoms with Crippen molar-refractivity contribution >= 4 is 21.4 Å². The number of alkyl halides is 1. The molecule has 0 unspecified atom stereocenters. The van der Waals surface area contributed by atoms with Crippen molar-refractivity contribution in [3.05, 3.63) is 23.8 Å². The molecule has 0 radical (unpaired) electrons. The van der Waals surface area contributed by atoms with Gasteiger partial charge < -0.3 is 4.74 Å². The van der Waals surface area contributed by atoms with E-state index >= 15 is 0 Å². The van der Waals surface area contributed by atoms with Gasteiger partial charge in [0.1, 0.15) is 10.6 Å². The highest BCUT2D eigenvalue weighted by Crippen LogP contribution is 2.26. The Balaban J connectivity index is 3.00. The molecule has 0 atom stereocenters. The molecule has 1 aromatic carbocycles. The highest BCUT2D eigenvalue weighted by molar-refractivity contribution is 7.91. The molecule has 0 aliphatic carbocycles. The number of aryl methyl sites for hydroxylation is 1. The van der Waals surface area contributed by atoms with Crippen LogP contribution in [0.2, 0.25) is 0 Å². The van der Waals surface area contributed by atoms with Crippen LogP contribution >= 0.6 is 11.6 Å². The molecule has 0 spiro atoms. The molecule has 96 valence electrons. The van der Waals surface area contributed by atoms with E-state index in [4.69, 9.17) is 16.3 Å². The van der Waals surface area contributed by atoms with Crippen LogP contribution in [0.1, 0.15) is 18.4 Å². The second-order valence-electron chi connectivity index (χ2n) is 3.87. The highest BCUT2D eigenvalue weighted by Gasteiger charge is 2.19. The SMILES string of the molecule is COc1ccc(C)cc1S(=O)(=O)CCCCCl. The van der Waals surface area contributed by atoms with E-state index < -0.39 is 9.84 Å². The summed E-state index contributed by atoms with van der Waals surface area (Å²) in [5.74, 6) is 1.00. The third-order valence-corrected chi connectivity index (χ3v) is 4.53. The molecular formula is C12H17ClO3S. The Morgan fingerprint density at radius 3 is 2.59 bits per heavy atom. The molecule has 0 amide bonds. The van der Waals surface area contributed by atoms with Crippen LogP contribution in [0.25, 0.3) is 0 Å². The van der Waals surface area contributed by atoms with Crippen LogP contribution in [0.5, 0.6) is 5.75 Å². The normalized spacial score (nSPS) is 11.5. The van der Waals surface area contributed by atoms with Crippen LogP contribution in [-0.4, -0.2) is 27.2 Å². The number of sulfone groups is 1. The van der Waals surface area contributed by atoms with Crippen LogP contribution < -0.4 is 4.74 Å². The fraction of sp³-hybridized carbons (Fsp3) is 0.500. The first kappa shape index (κ1) is 14.3. The van der Waals surface area contributed by atoms with Gasteiger partial charge in [-0.15, -0.1) is 11.6 Å². The Hall–Kier alpha value is -0.740. The van der Waals surface area contributed by atoms with Gasteiger partial charge in [0.25, 0.3) is 0 Å². The summed E-state index contributed by atoms with van der Waals surface area (Å²) >= 11 is 5.54. The lowest BCUT2D eigenvalue weighted by Crippen LogP contribution is -2.09. The van der Waals surface area contributed by atoms with Crippen molar-refractivity contribution in [3.63, 3.8) is 0 Å². The van der Waals surface area contributed by atoms with Crippen molar-refractivity contribution < 1.29 is 13.2 Å². The summed E-state index contributed by atoms with van der Waals surface area (Å²) in [6.45, 7) is 1.86. The van der Waals surface area contributed by atoms with Crippen LogP contribution in [0, 0.1) is 6.92 Å². The maximum absolute atomic E-state index is 12.1. The second-order valence-corrected chi connectivity index (χ2v) is 6.32. The lowest BCUT2D eigenvalue weighted by Gasteiger charge is -2.10. The first-order chi connectivity index (χ1) is 8.01. The lowest BCUT2D eigenvalue weighted by atomic mass is 10.2. The summed E-state index contributed by atoms with van der Waals surface area (Å²) in [5.41, 5.74) is 0.904. The third kappa shape index (κ3) is 3.89. The molecule has 0 saturated heterocycles. The average molecular weight is 277 g/mol. The van der Waals surface area contributed by atoms with Crippen molar-refractivity contribution in [1.29, 1.82) is 0 Å². The molecule has 0 saturated carbocycles. The predicted molar refractivity (Wildman–Crippen MR) is 69.7 cm³/mol. The Morgan fingerprint density at radius 1 is 1.29 bits per heavy atom. The summed E-state index contributed by atoms with van der Waals surface area (Å²) in [6.07, 6.45) is 1.28. The first-order valence-electron chi connectivity index (χ1n) is 5.44. The van der Waals surface area contributed by atoms with Gasteiger partial charge in [-0.25, -0.2) is 8.42 Å². The van der Waals surface area contributed by atoms with Crippen molar-refractivity contribution in [2.24, 2.45) is 0 Å². The van der Waals surface area contributed by atoms with E-state index in [0.717, 1.165) is 5.56 Å². The van der Waals surface area contributed by atoms with E-state index in [1.165, 1.54) is 7.11 Å². The zero-order valence-electron chi connectivity index (χ0n) is 10.1. The monoisotopic (exact) mass is 276 g/mol. The van der Waals surface area contributed by atoms with E-state index in [9.17, 15) is 8.42 Å². The Bertz CT molecular complexity index is 469. The van der Waals surface area contributed by atoms with Crippen LogP contribution in [0.4, 0.5) is 0 Å². The molecule has 5 heteroatoms. The Kier molecular flexibility index (Phi) is 5.28. The van der Waals surface area contributed by atoms with E-state index in [2.05, 4.69) is 0 Å². The van der Waals surface area contributed by atoms with Crippen LogP contribution in [0.3, 0.4) is 0 Å². The minimum atomic E-state index is -3.28. The quantitative estimate of drug-likeness (QED) is 0.593. The summed E-state index contributed by atoms with van der Waals surface area (Å²) in [7, 11) is -1.81. The van der Waals surface area contributed by atoms with Gasteiger partial charge >= 0.3 is 0 Å². The number of hydrogen-bond acceptors (Lipinski definition) is 3. The van der Waals surface area contributed by atoms with E-state index in [1.807, 2.05) is 13.0 Å². The van der Waals surface area contributed by atoms with Gasteiger partial charge in [0.2, 0.25) is 0 Å². The fourth-order valence-electron chi connectivity index (χ4n) is 1.52. The van der Waals surface area contributed by atoms with Gasteiger partial charge in [-0.2, -0.15) is 0 Å². The fourth-order valence-corrected chi connectivity index (χ4v) is 3.34. The summed E-state index contributed by atoms with van der Waals surface area (Å²) in [5, 5.41) is 0. The third-order valence-electron chi connectivity index (χ3n) is 2.45. The van der Waals surface area contributed by atoms with Crippen molar-refractivity contribution in [3.8, 4) is 5.75 Å². The maximum Gasteiger partial charge on any atom is 0.182 e. The standard InChI is InChI=1S/C12H17ClO3S/c1-10-5-6-11(16-2)12(9-10)17(14,15)8-4-3-7-13/h5-6,9H,3-4,7-8H2,1-2H3. The van der Waals surface area contributed by atoms with Crippen LogP contribution in [0.15, 0.2) is 23.1 Å². The van der Waals surface area contributed by atoms with E-state index in [0.29, 0.717) is 24.5 Å². The molecule has 1 rings (SSSR count). The van der Waals surface area contributed by atoms with Gasteiger partial charge in [0, 0.05) is 5.88 Å². The van der Waals surface area contributed by atoms with Crippen molar-refractivity contribution in [1.82, 2.24) is 0 Å². The predicted octanol–water partition coefficient (Wildman–Crippen LogP) is 2.80. The Labute approximate surface area is 108 Å². The smallest absolute Gasteiger partial charge is 0.182 e. The number of halogens is 1. The highest BCUT2D eigenvalue weighted by atomic mass is 35.5. The molecule has 1 aromatic rings. The number of methoxy groups -OCH3 is 1. The number of hydrogen-bond donors (Lipinski definition) is 0. The molecule has 0 aliphatic heterocycles. The van der Waals surface area contributed by atoms with Gasteiger partial charge in [-0.05, 0) is 37.5 Å². The van der Waals surface area contributed by atoms with E-state index in [1.54, 1.807) is 12.1 Å². The molecule has 0 N–H and O–H groups in total.